The first-order valence-electron chi connectivity index (χ1n) is 6.20. The summed E-state index contributed by atoms with van der Waals surface area (Å²) >= 11 is 0. The standard InChI is InChI=1S/C12H17N3O3/c1-2-3-8(12(17)18)13-9-6-10(16)15-11(14-9)7-4-5-7/h6-8H,2-5H2,1H3,(H,17,18)(H2,13,14,15,16). The minimum absolute atomic E-state index is 0.241. The van der Waals surface area contributed by atoms with E-state index >= 15 is 0 Å². The second kappa shape index (κ2) is 5.20. The van der Waals surface area contributed by atoms with Crippen molar-refractivity contribution in [2.75, 3.05) is 5.32 Å². The van der Waals surface area contributed by atoms with Crippen LogP contribution in [0.2, 0.25) is 0 Å². The molecule has 0 radical (unpaired) electrons. The van der Waals surface area contributed by atoms with Gasteiger partial charge in [0.1, 0.15) is 17.7 Å². The van der Waals surface area contributed by atoms with Crippen molar-refractivity contribution in [3.63, 3.8) is 0 Å². The van der Waals surface area contributed by atoms with Gasteiger partial charge in [-0.1, -0.05) is 13.3 Å². The number of aliphatic carboxylic acids is 1. The lowest BCUT2D eigenvalue weighted by Gasteiger charge is -2.14. The molecule has 0 spiro atoms. The molecule has 0 saturated heterocycles. The first-order valence-corrected chi connectivity index (χ1v) is 6.20. The monoisotopic (exact) mass is 251 g/mol. The van der Waals surface area contributed by atoms with Crippen LogP contribution in [0, 0.1) is 0 Å². The Morgan fingerprint density at radius 1 is 1.67 bits per heavy atom. The Morgan fingerprint density at radius 3 is 2.94 bits per heavy atom. The Hall–Kier alpha value is -1.85. The maximum absolute atomic E-state index is 11.5. The second-order valence-corrected chi connectivity index (χ2v) is 4.61. The van der Waals surface area contributed by atoms with Crippen LogP contribution in [0.5, 0.6) is 0 Å². The van der Waals surface area contributed by atoms with E-state index in [0.717, 1.165) is 19.3 Å². The van der Waals surface area contributed by atoms with Gasteiger partial charge in [-0.05, 0) is 19.3 Å². The molecule has 1 aromatic heterocycles. The molecule has 1 saturated carbocycles. The molecule has 1 unspecified atom stereocenters. The number of nitrogens with one attached hydrogen (secondary N) is 2. The molecule has 0 bridgehead atoms. The maximum Gasteiger partial charge on any atom is 0.326 e. The summed E-state index contributed by atoms with van der Waals surface area (Å²) in [6.07, 6.45) is 3.32. The molecule has 1 fully saturated rings. The van der Waals surface area contributed by atoms with E-state index in [1.807, 2.05) is 6.92 Å². The molecule has 6 nitrogen and oxygen atoms in total. The largest absolute Gasteiger partial charge is 0.480 e. The van der Waals surface area contributed by atoms with Crippen LogP contribution >= 0.6 is 0 Å². The normalized spacial score (nSPS) is 16.3. The number of hydrogen-bond donors (Lipinski definition) is 3. The predicted octanol–water partition coefficient (Wildman–Crippen LogP) is 1.31. The summed E-state index contributed by atoms with van der Waals surface area (Å²) in [4.78, 5) is 29.5. The molecule has 6 heteroatoms. The average molecular weight is 251 g/mol. The van der Waals surface area contributed by atoms with E-state index in [0.29, 0.717) is 24.0 Å². The fourth-order valence-electron chi connectivity index (χ4n) is 1.83. The highest BCUT2D eigenvalue weighted by molar-refractivity contribution is 5.76. The number of nitrogens with zero attached hydrogens (tertiary/aromatic N) is 1. The Morgan fingerprint density at radius 2 is 2.39 bits per heavy atom. The second-order valence-electron chi connectivity index (χ2n) is 4.61. The highest BCUT2D eigenvalue weighted by Crippen LogP contribution is 2.37. The van der Waals surface area contributed by atoms with Gasteiger partial charge >= 0.3 is 5.97 Å². The highest BCUT2D eigenvalue weighted by Gasteiger charge is 2.27. The number of H-pyrrole nitrogens is 1. The zero-order chi connectivity index (χ0) is 13.1. The van der Waals surface area contributed by atoms with Crippen LogP contribution in [0.1, 0.15) is 44.3 Å². The Labute approximate surface area is 104 Å². The van der Waals surface area contributed by atoms with E-state index in [9.17, 15) is 9.59 Å². The van der Waals surface area contributed by atoms with E-state index in [2.05, 4.69) is 15.3 Å². The van der Waals surface area contributed by atoms with Crippen LogP contribution in [-0.2, 0) is 4.79 Å². The molecular formula is C12H17N3O3. The summed E-state index contributed by atoms with van der Waals surface area (Å²) in [6.45, 7) is 1.92. The van der Waals surface area contributed by atoms with Gasteiger partial charge in [0.05, 0.1) is 0 Å². The summed E-state index contributed by atoms with van der Waals surface area (Å²) < 4.78 is 0. The topological polar surface area (TPSA) is 95.1 Å². The number of aromatic amines is 1. The molecule has 1 heterocycles. The van der Waals surface area contributed by atoms with Gasteiger partial charge in [0.25, 0.3) is 5.56 Å². The van der Waals surface area contributed by atoms with Crippen molar-refractivity contribution in [3.05, 3.63) is 22.2 Å². The molecule has 1 atom stereocenters. The van der Waals surface area contributed by atoms with Crippen LogP contribution in [0.15, 0.2) is 10.9 Å². The van der Waals surface area contributed by atoms with E-state index in [-0.39, 0.29) is 5.56 Å². The SMILES string of the molecule is CCCC(Nc1cc(=O)[nH]c(C2CC2)n1)C(=O)O. The first kappa shape index (κ1) is 12.6. The lowest BCUT2D eigenvalue weighted by molar-refractivity contribution is -0.138. The fourth-order valence-corrected chi connectivity index (χ4v) is 1.83. The fraction of sp³-hybridized carbons (Fsp3) is 0.583. The lowest BCUT2D eigenvalue weighted by atomic mass is 10.2. The van der Waals surface area contributed by atoms with Gasteiger partial charge in [0, 0.05) is 12.0 Å². The van der Waals surface area contributed by atoms with Crippen molar-refractivity contribution in [2.24, 2.45) is 0 Å². The number of carboxylic acid groups (broad SMARTS) is 1. The smallest absolute Gasteiger partial charge is 0.326 e. The molecule has 1 aromatic rings. The van der Waals surface area contributed by atoms with Crippen LogP contribution in [0.25, 0.3) is 0 Å². The first-order chi connectivity index (χ1) is 8.60. The molecule has 1 aliphatic carbocycles. The maximum atomic E-state index is 11.5. The molecule has 0 aromatic carbocycles. The third-order valence-electron chi connectivity index (χ3n) is 2.92. The molecule has 3 N–H and O–H groups in total. The zero-order valence-corrected chi connectivity index (χ0v) is 10.3. The highest BCUT2D eigenvalue weighted by atomic mass is 16.4. The Balaban J connectivity index is 2.16. The summed E-state index contributed by atoms with van der Waals surface area (Å²) in [7, 11) is 0. The van der Waals surface area contributed by atoms with E-state index in [1.165, 1.54) is 6.07 Å². The Kier molecular flexibility index (Phi) is 3.64. The number of rotatable bonds is 6. The number of anilines is 1. The lowest BCUT2D eigenvalue weighted by Crippen LogP contribution is -2.30. The van der Waals surface area contributed by atoms with Crippen LogP contribution < -0.4 is 10.9 Å². The molecule has 98 valence electrons. The molecular weight excluding hydrogens is 234 g/mol. The van der Waals surface area contributed by atoms with Gasteiger partial charge in [-0.25, -0.2) is 9.78 Å². The predicted molar refractivity (Wildman–Crippen MR) is 66.8 cm³/mol. The van der Waals surface area contributed by atoms with Crippen LogP contribution in [0.3, 0.4) is 0 Å². The molecule has 18 heavy (non-hydrogen) atoms. The molecule has 2 rings (SSSR count). The van der Waals surface area contributed by atoms with Crippen LogP contribution in [-0.4, -0.2) is 27.1 Å². The third kappa shape index (κ3) is 3.09. The van der Waals surface area contributed by atoms with Crippen molar-refractivity contribution < 1.29 is 9.90 Å². The summed E-state index contributed by atoms with van der Waals surface area (Å²) in [5.74, 6) is 0.410. The van der Waals surface area contributed by atoms with Crippen LogP contribution in [0.4, 0.5) is 5.82 Å². The summed E-state index contributed by atoms with van der Waals surface area (Å²) in [5, 5.41) is 11.9. The number of hydrogen-bond acceptors (Lipinski definition) is 4. The minimum atomic E-state index is -0.924. The summed E-state index contributed by atoms with van der Waals surface area (Å²) in [5.41, 5.74) is -0.241. The van der Waals surface area contributed by atoms with Gasteiger partial charge in [0.15, 0.2) is 0 Å². The van der Waals surface area contributed by atoms with Crippen molar-refractivity contribution in [2.45, 2.75) is 44.6 Å². The van der Waals surface area contributed by atoms with Crippen molar-refractivity contribution >= 4 is 11.8 Å². The van der Waals surface area contributed by atoms with E-state index < -0.39 is 12.0 Å². The van der Waals surface area contributed by atoms with E-state index in [1.54, 1.807) is 0 Å². The molecule has 1 aliphatic rings. The van der Waals surface area contributed by atoms with Gasteiger partial charge in [-0.2, -0.15) is 0 Å². The average Bonchev–Trinajstić information content (AvgIpc) is 3.11. The zero-order valence-electron chi connectivity index (χ0n) is 10.3. The molecule has 0 aliphatic heterocycles. The summed E-state index contributed by atoms with van der Waals surface area (Å²) in [6, 6.07) is 0.605. The van der Waals surface area contributed by atoms with E-state index in [4.69, 9.17) is 5.11 Å². The van der Waals surface area contributed by atoms with Gasteiger partial charge < -0.3 is 15.4 Å². The number of carboxylic acids is 1. The van der Waals surface area contributed by atoms with Crippen molar-refractivity contribution in [1.82, 2.24) is 9.97 Å². The van der Waals surface area contributed by atoms with Gasteiger partial charge in [-0.15, -0.1) is 0 Å². The molecule has 0 amide bonds. The van der Waals surface area contributed by atoms with Gasteiger partial charge in [0.2, 0.25) is 0 Å². The van der Waals surface area contributed by atoms with Gasteiger partial charge in [-0.3, -0.25) is 4.79 Å². The number of carbonyl (C=O) groups is 1. The van der Waals surface area contributed by atoms with Crippen molar-refractivity contribution in [3.8, 4) is 0 Å². The third-order valence-corrected chi connectivity index (χ3v) is 2.92. The minimum Gasteiger partial charge on any atom is -0.480 e. The van der Waals surface area contributed by atoms with Crippen molar-refractivity contribution in [1.29, 1.82) is 0 Å². The Bertz CT molecular complexity index is 494. The quantitative estimate of drug-likeness (QED) is 0.708. The number of aromatic nitrogens is 2.